The number of likely N-dealkylation sites (tertiary alicyclic amines) is 1. The SMILES string of the molecule is O=C(NCC(O)CN1CCc2ccccc2C1)N1CCC[C@H](c2ccccn2)C1. The summed E-state index contributed by atoms with van der Waals surface area (Å²) in [4.78, 5) is 21.2. The van der Waals surface area contributed by atoms with Gasteiger partial charge in [-0.1, -0.05) is 30.3 Å². The lowest BCUT2D eigenvalue weighted by Gasteiger charge is -2.33. The highest BCUT2D eigenvalue weighted by Gasteiger charge is 2.26. The van der Waals surface area contributed by atoms with E-state index in [-0.39, 0.29) is 18.5 Å². The molecule has 0 radical (unpaired) electrons. The van der Waals surface area contributed by atoms with Crippen LogP contribution in [0.3, 0.4) is 0 Å². The Hall–Kier alpha value is -2.44. The lowest BCUT2D eigenvalue weighted by atomic mass is 9.94. The molecule has 0 saturated carbocycles. The van der Waals surface area contributed by atoms with Crippen LogP contribution in [0.25, 0.3) is 0 Å². The summed E-state index contributed by atoms with van der Waals surface area (Å²) in [6.07, 6.45) is 4.28. The highest BCUT2D eigenvalue weighted by atomic mass is 16.3. The molecule has 2 N–H and O–H groups in total. The Morgan fingerprint density at radius 1 is 1.17 bits per heavy atom. The Bertz CT molecular complexity index is 814. The number of carbonyl (C=O) groups is 1. The molecule has 2 aliphatic heterocycles. The number of aliphatic hydroxyl groups excluding tert-OH is 1. The molecule has 1 fully saturated rings. The van der Waals surface area contributed by atoms with Gasteiger partial charge in [-0.15, -0.1) is 0 Å². The van der Waals surface area contributed by atoms with Crippen molar-refractivity contribution in [3.05, 3.63) is 65.5 Å². The predicted molar refractivity (Wildman–Crippen MR) is 113 cm³/mol. The maximum absolute atomic E-state index is 12.6. The Kier molecular flexibility index (Phi) is 6.42. The largest absolute Gasteiger partial charge is 0.390 e. The van der Waals surface area contributed by atoms with Crippen LogP contribution in [0.5, 0.6) is 0 Å². The van der Waals surface area contributed by atoms with Crippen LogP contribution in [-0.2, 0) is 13.0 Å². The van der Waals surface area contributed by atoms with Gasteiger partial charge in [-0.2, -0.15) is 0 Å². The lowest BCUT2D eigenvalue weighted by molar-refractivity contribution is 0.102. The highest BCUT2D eigenvalue weighted by molar-refractivity contribution is 5.74. The number of amides is 2. The summed E-state index contributed by atoms with van der Waals surface area (Å²) in [5.41, 5.74) is 3.79. The van der Waals surface area contributed by atoms with E-state index in [1.807, 2.05) is 29.3 Å². The molecule has 154 valence electrons. The quantitative estimate of drug-likeness (QED) is 0.817. The number of pyridine rings is 1. The van der Waals surface area contributed by atoms with E-state index in [9.17, 15) is 9.90 Å². The van der Waals surface area contributed by atoms with Crippen LogP contribution < -0.4 is 5.32 Å². The first-order chi connectivity index (χ1) is 14.2. The third kappa shape index (κ3) is 5.14. The van der Waals surface area contributed by atoms with Gasteiger partial charge in [-0.25, -0.2) is 4.79 Å². The van der Waals surface area contributed by atoms with E-state index in [1.54, 1.807) is 0 Å². The fourth-order valence-electron chi connectivity index (χ4n) is 4.41. The minimum Gasteiger partial charge on any atom is -0.390 e. The summed E-state index contributed by atoms with van der Waals surface area (Å²) in [6.45, 7) is 4.10. The Morgan fingerprint density at radius 3 is 2.83 bits per heavy atom. The Balaban J connectivity index is 1.23. The number of hydrogen-bond donors (Lipinski definition) is 2. The minimum absolute atomic E-state index is 0.0892. The van der Waals surface area contributed by atoms with E-state index in [0.717, 1.165) is 44.6 Å². The molecule has 2 atom stereocenters. The molecule has 1 aromatic heterocycles. The Labute approximate surface area is 172 Å². The van der Waals surface area contributed by atoms with Gasteiger partial charge < -0.3 is 15.3 Å². The zero-order valence-electron chi connectivity index (χ0n) is 16.8. The molecular weight excluding hydrogens is 364 g/mol. The topological polar surface area (TPSA) is 68.7 Å². The first-order valence-electron chi connectivity index (χ1n) is 10.6. The number of aliphatic hydroxyl groups is 1. The number of nitrogens with zero attached hydrogens (tertiary/aromatic N) is 3. The van der Waals surface area contributed by atoms with Crippen molar-refractivity contribution in [2.45, 2.75) is 37.8 Å². The number of benzene rings is 1. The van der Waals surface area contributed by atoms with Gasteiger partial charge >= 0.3 is 6.03 Å². The summed E-state index contributed by atoms with van der Waals surface area (Å²) >= 11 is 0. The van der Waals surface area contributed by atoms with Gasteiger partial charge in [0.1, 0.15) is 0 Å². The minimum atomic E-state index is -0.569. The van der Waals surface area contributed by atoms with Crippen LogP contribution >= 0.6 is 0 Å². The summed E-state index contributed by atoms with van der Waals surface area (Å²) < 4.78 is 0. The van der Waals surface area contributed by atoms with Gasteiger partial charge in [0, 0.05) is 57.1 Å². The predicted octanol–water partition coefficient (Wildman–Crippen LogP) is 2.39. The summed E-state index contributed by atoms with van der Waals surface area (Å²) in [7, 11) is 0. The van der Waals surface area contributed by atoms with Gasteiger partial charge in [0.05, 0.1) is 6.10 Å². The van der Waals surface area contributed by atoms with Crippen LogP contribution in [0.2, 0.25) is 0 Å². The molecule has 2 amide bonds. The highest BCUT2D eigenvalue weighted by Crippen LogP contribution is 2.25. The number of aromatic nitrogens is 1. The monoisotopic (exact) mass is 394 g/mol. The molecule has 0 bridgehead atoms. The number of nitrogens with one attached hydrogen (secondary N) is 1. The van der Waals surface area contributed by atoms with Crippen molar-refractivity contribution in [2.75, 3.05) is 32.7 Å². The second kappa shape index (κ2) is 9.37. The van der Waals surface area contributed by atoms with Crippen molar-refractivity contribution in [3.8, 4) is 0 Å². The van der Waals surface area contributed by atoms with Crippen molar-refractivity contribution < 1.29 is 9.90 Å². The van der Waals surface area contributed by atoms with E-state index < -0.39 is 6.10 Å². The number of urea groups is 1. The van der Waals surface area contributed by atoms with Crippen LogP contribution in [0.1, 0.15) is 35.6 Å². The molecule has 0 spiro atoms. The average Bonchev–Trinajstić information content (AvgIpc) is 2.78. The van der Waals surface area contributed by atoms with Crippen LogP contribution in [0.4, 0.5) is 4.79 Å². The number of β-amino-alcohol motifs (C(OH)–C–C–N with tert-alkyl or cyclic N) is 1. The molecule has 6 heteroatoms. The second-order valence-corrected chi connectivity index (χ2v) is 8.13. The van der Waals surface area contributed by atoms with Gasteiger partial charge in [-0.05, 0) is 42.5 Å². The van der Waals surface area contributed by atoms with Crippen molar-refractivity contribution in [1.29, 1.82) is 0 Å². The van der Waals surface area contributed by atoms with Gasteiger partial charge in [0.2, 0.25) is 0 Å². The Morgan fingerprint density at radius 2 is 2.00 bits per heavy atom. The molecular formula is C23H30N4O2. The summed E-state index contributed by atoms with van der Waals surface area (Å²) in [6, 6.07) is 14.3. The second-order valence-electron chi connectivity index (χ2n) is 8.13. The fraction of sp³-hybridized carbons (Fsp3) is 0.478. The van der Waals surface area contributed by atoms with Crippen molar-refractivity contribution in [3.63, 3.8) is 0 Å². The zero-order chi connectivity index (χ0) is 20.1. The molecule has 3 heterocycles. The van der Waals surface area contributed by atoms with Gasteiger partial charge in [-0.3, -0.25) is 9.88 Å². The number of fused-ring (bicyclic) bond motifs is 1. The summed E-state index contributed by atoms with van der Waals surface area (Å²) in [5, 5.41) is 13.4. The smallest absolute Gasteiger partial charge is 0.317 e. The fourth-order valence-corrected chi connectivity index (χ4v) is 4.41. The first-order valence-corrected chi connectivity index (χ1v) is 10.6. The van der Waals surface area contributed by atoms with Gasteiger partial charge in [0.25, 0.3) is 0 Å². The number of carbonyl (C=O) groups excluding carboxylic acids is 1. The number of piperidine rings is 1. The molecule has 1 aromatic carbocycles. The average molecular weight is 395 g/mol. The van der Waals surface area contributed by atoms with E-state index >= 15 is 0 Å². The standard InChI is InChI=1S/C23H30N4O2/c28-21(17-26-13-10-18-6-1-2-7-19(18)15-26)14-25-23(29)27-12-5-8-20(16-27)22-9-3-4-11-24-22/h1-4,6-7,9,11,20-21,28H,5,8,10,12-17H2,(H,25,29)/t20-,21?/m0/s1. The van der Waals surface area contributed by atoms with Crippen LogP contribution in [0.15, 0.2) is 48.7 Å². The van der Waals surface area contributed by atoms with Crippen LogP contribution in [0, 0.1) is 0 Å². The third-order valence-electron chi connectivity index (χ3n) is 5.98. The normalized spacial score (nSPS) is 20.7. The molecule has 1 unspecified atom stereocenters. The zero-order valence-corrected chi connectivity index (χ0v) is 16.8. The third-order valence-corrected chi connectivity index (χ3v) is 5.98. The van der Waals surface area contributed by atoms with E-state index in [4.69, 9.17) is 0 Å². The molecule has 4 rings (SSSR count). The number of rotatable bonds is 5. The van der Waals surface area contributed by atoms with Crippen molar-refractivity contribution >= 4 is 6.03 Å². The van der Waals surface area contributed by atoms with Crippen molar-refractivity contribution in [2.24, 2.45) is 0 Å². The maximum Gasteiger partial charge on any atom is 0.317 e. The number of hydrogen-bond acceptors (Lipinski definition) is 4. The molecule has 29 heavy (non-hydrogen) atoms. The van der Waals surface area contributed by atoms with E-state index in [1.165, 1.54) is 11.1 Å². The first kappa shape index (κ1) is 19.9. The van der Waals surface area contributed by atoms with Crippen molar-refractivity contribution in [1.82, 2.24) is 20.1 Å². The molecule has 1 saturated heterocycles. The summed E-state index contributed by atoms with van der Waals surface area (Å²) in [5.74, 6) is 0.286. The molecule has 2 aromatic rings. The van der Waals surface area contributed by atoms with Gasteiger partial charge in [0.15, 0.2) is 0 Å². The molecule has 0 aliphatic carbocycles. The lowest BCUT2D eigenvalue weighted by Crippen LogP contribution is -2.48. The van der Waals surface area contributed by atoms with E-state index in [0.29, 0.717) is 13.1 Å². The molecule has 2 aliphatic rings. The van der Waals surface area contributed by atoms with Crippen LogP contribution in [-0.4, -0.2) is 64.7 Å². The van der Waals surface area contributed by atoms with E-state index in [2.05, 4.69) is 39.5 Å². The maximum atomic E-state index is 12.6. The molecule has 6 nitrogen and oxygen atoms in total.